The molecular formula is C20H17F3N4O2. The van der Waals surface area contributed by atoms with Gasteiger partial charge in [0.2, 0.25) is 17.1 Å². The number of halogens is 3. The van der Waals surface area contributed by atoms with E-state index in [1.54, 1.807) is 0 Å². The number of alkyl halides is 3. The van der Waals surface area contributed by atoms with Gasteiger partial charge in [0.05, 0.1) is 29.7 Å². The summed E-state index contributed by atoms with van der Waals surface area (Å²) in [5, 5.41) is 38.5. The summed E-state index contributed by atoms with van der Waals surface area (Å²) in [5.41, 5.74) is -5.29. The molecule has 0 spiro atoms. The summed E-state index contributed by atoms with van der Waals surface area (Å²) in [6, 6.07) is 9.71. The lowest BCUT2D eigenvalue weighted by molar-refractivity contribution is -0.274. The Morgan fingerprint density at radius 1 is 1.17 bits per heavy atom. The van der Waals surface area contributed by atoms with Crippen molar-refractivity contribution in [2.24, 2.45) is 16.7 Å². The molecule has 0 aliphatic carbocycles. The van der Waals surface area contributed by atoms with Gasteiger partial charge in [-0.1, -0.05) is 25.5 Å². The normalized spacial score (nSPS) is 32.6. The number of nitrogens with zero attached hydrogens (tertiary/aromatic N) is 3. The molecule has 0 amide bonds. The highest BCUT2D eigenvalue weighted by atomic mass is 19.4. The van der Waals surface area contributed by atoms with Crippen LogP contribution in [0.15, 0.2) is 24.3 Å². The van der Waals surface area contributed by atoms with Crippen LogP contribution in [0.4, 0.5) is 13.2 Å². The molecule has 0 radical (unpaired) electrons. The van der Waals surface area contributed by atoms with E-state index in [0.29, 0.717) is 12.8 Å². The highest BCUT2D eigenvalue weighted by Crippen LogP contribution is 2.67. The molecule has 2 fully saturated rings. The molecule has 1 aromatic carbocycles. The Bertz CT molecular complexity index is 973. The molecular weight excluding hydrogens is 385 g/mol. The summed E-state index contributed by atoms with van der Waals surface area (Å²) >= 11 is 0. The minimum atomic E-state index is -4.64. The van der Waals surface area contributed by atoms with Gasteiger partial charge in [-0.05, 0) is 24.1 Å². The van der Waals surface area contributed by atoms with Crippen LogP contribution in [-0.2, 0) is 15.7 Å². The first-order valence-corrected chi connectivity index (χ1v) is 8.93. The number of hydrogen-bond donors (Lipinski definition) is 1. The van der Waals surface area contributed by atoms with Crippen LogP contribution in [0.3, 0.4) is 0 Å². The number of nitrogens with one attached hydrogen (secondary N) is 1. The molecule has 1 N–H and O–H groups in total. The van der Waals surface area contributed by atoms with E-state index in [1.807, 2.05) is 25.1 Å². The van der Waals surface area contributed by atoms with Gasteiger partial charge in [-0.3, -0.25) is 5.41 Å². The topological polar surface area (TPSA) is 114 Å². The zero-order valence-corrected chi connectivity index (χ0v) is 15.7. The average Bonchev–Trinajstić information content (AvgIpc) is 2.84. The van der Waals surface area contributed by atoms with Crippen LogP contribution in [0, 0.1) is 56.2 Å². The average molecular weight is 402 g/mol. The third-order valence-electron chi connectivity index (χ3n) is 5.81. The van der Waals surface area contributed by atoms with Gasteiger partial charge in [-0.25, -0.2) is 0 Å². The summed E-state index contributed by atoms with van der Waals surface area (Å²) < 4.78 is 51.2. The lowest BCUT2D eigenvalue weighted by Crippen LogP contribution is -2.58. The quantitative estimate of drug-likeness (QED) is 0.802. The minimum absolute atomic E-state index is 0.0815. The SMILES string of the molecule is CCCC1C2(C)OC(=N)C1(C#N)C(C#N)(C#N)C(c1cccc(C(F)(F)F)c1)O2. The van der Waals surface area contributed by atoms with E-state index in [-0.39, 0.29) is 5.56 Å². The first-order valence-electron chi connectivity index (χ1n) is 8.93. The van der Waals surface area contributed by atoms with E-state index in [1.165, 1.54) is 13.0 Å². The molecule has 6 nitrogen and oxygen atoms in total. The van der Waals surface area contributed by atoms with Crippen LogP contribution in [-0.4, -0.2) is 11.7 Å². The Morgan fingerprint density at radius 2 is 1.83 bits per heavy atom. The number of ether oxygens (including phenoxy) is 2. The predicted octanol–water partition coefficient (Wildman–Crippen LogP) is 4.46. The smallest absolute Gasteiger partial charge is 0.416 e. The molecule has 2 saturated heterocycles. The lowest BCUT2D eigenvalue weighted by atomic mass is 9.53. The van der Waals surface area contributed by atoms with Gasteiger partial charge in [0.15, 0.2) is 5.41 Å². The molecule has 0 aromatic heterocycles. The number of nitriles is 3. The van der Waals surface area contributed by atoms with E-state index in [4.69, 9.17) is 14.9 Å². The third-order valence-corrected chi connectivity index (χ3v) is 5.81. The van der Waals surface area contributed by atoms with Crippen molar-refractivity contribution in [1.82, 2.24) is 0 Å². The number of hydrogen-bond acceptors (Lipinski definition) is 6. The van der Waals surface area contributed by atoms with Crippen LogP contribution < -0.4 is 0 Å². The Labute approximate surface area is 165 Å². The predicted molar refractivity (Wildman–Crippen MR) is 92.6 cm³/mol. The van der Waals surface area contributed by atoms with Crippen LogP contribution in [0.5, 0.6) is 0 Å². The molecule has 4 atom stereocenters. The van der Waals surface area contributed by atoms with E-state index in [9.17, 15) is 29.0 Å². The highest BCUT2D eigenvalue weighted by molar-refractivity contribution is 5.89. The largest absolute Gasteiger partial charge is 0.448 e. The summed E-state index contributed by atoms with van der Waals surface area (Å²) in [6.45, 7) is 3.32. The molecule has 3 rings (SSSR count). The first-order chi connectivity index (χ1) is 13.6. The molecule has 150 valence electrons. The van der Waals surface area contributed by atoms with Crippen molar-refractivity contribution >= 4 is 5.90 Å². The van der Waals surface area contributed by atoms with Gasteiger partial charge in [-0.2, -0.15) is 29.0 Å². The molecule has 2 bridgehead atoms. The Hall–Kier alpha value is -3.09. The zero-order valence-electron chi connectivity index (χ0n) is 15.7. The molecule has 0 saturated carbocycles. The Balaban J connectivity index is 2.30. The standard InChI is InChI=1S/C20H17F3N4O2/c1-3-5-14-17(2)28-15(12-6-4-7-13(8-12)20(21,22)23)18(9-24,10-25)19(14,11-26)16(27)29-17/h4,6-8,14-15,27H,3,5H2,1-2H3. The number of rotatable bonds is 3. The van der Waals surface area contributed by atoms with Crippen molar-refractivity contribution < 1.29 is 22.6 Å². The maximum absolute atomic E-state index is 13.2. The second-order valence-corrected chi connectivity index (χ2v) is 7.36. The van der Waals surface area contributed by atoms with Gasteiger partial charge in [-0.15, -0.1) is 0 Å². The van der Waals surface area contributed by atoms with Crippen LogP contribution >= 0.6 is 0 Å². The van der Waals surface area contributed by atoms with Gasteiger partial charge in [0, 0.05) is 6.92 Å². The molecule has 2 aliphatic rings. The van der Waals surface area contributed by atoms with Crippen LogP contribution in [0.25, 0.3) is 0 Å². The fraction of sp³-hybridized carbons (Fsp3) is 0.500. The maximum Gasteiger partial charge on any atom is 0.416 e. The maximum atomic E-state index is 13.2. The molecule has 2 heterocycles. The summed E-state index contributed by atoms with van der Waals surface area (Å²) in [6.07, 6.45) is -5.27. The molecule has 1 aromatic rings. The minimum Gasteiger partial charge on any atom is -0.448 e. The first kappa shape index (κ1) is 20.6. The number of benzene rings is 1. The fourth-order valence-corrected chi connectivity index (χ4v) is 4.49. The molecule has 29 heavy (non-hydrogen) atoms. The van der Waals surface area contributed by atoms with E-state index < -0.39 is 46.3 Å². The van der Waals surface area contributed by atoms with E-state index >= 15 is 0 Å². The van der Waals surface area contributed by atoms with Crippen molar-refractivity contribution in [3.05, 3.63) is 35.4 Å². The summed E-state index contributed by atoms with van der Waals surface area (Å²) in [7, 11) is 0. The molecule has 9 heteroatoms. The number of fused-ring (bicyclic) bond motifs is 2. The summed E-state index contributed by atoms with van der Waals surface area (Å²) in [4.78, 5) is 0. The molecule has 2 aliphatic heterocycles. The van der Waals surface area contributed by atoms with Crippen molar-refractivity contribution in [3.63, 3.8) is 0 Å². The Morgan fingerprint density at radius 3 is 2.34 bits per heavy atom. The van der Waals surface area contributed by atoms with Gasteiger partial charge >= 0.3 is 6.18 Å². The van der Waals surface area contributed by atoms with Crippen LogP contribution in [0.2, 0.25) is 0 Å². The van der Waals surface area contributed by atoms with Crippen molar-refractivity contribution in [3.8, 4) is 18.2 Å². The van der Waals surface area contributed by atoms with Crippen LogP contribution in [0.1, 0.15) is 43.9 Å². The van der Waals surface area contributed by atoms with E-state index in [2.05, 4.69) is 0 Å². The zero-order chi connectivity index (χ0) is 21.7. The van der Waals surface area contributed by atoms with Gasteiger partial charge in [0.25, 0.3) is 0 Å². The monoisotopic (exact) mass is 402 g/mol. The third kappa shape index (κ3) is 2.53. The van der Waals surface area contributed by atoms with E-state index in [0.717, 1.165) is 18.2 Å². The lowest BCUT2D eigenvalue weighted by Gasteiger charge is -2.48. The fourth-order valence-electron chi connectivity index (χ4n) is 4.49. The molecule has 4 unspecified atom stereocenters. The summed E-state index contributed by atoms with van der Waals surface area (Å²) in [5.74, 6) is -2.91. The van der Waals surface area contributed by atoms with Gasteiger partial charge in [0.1, 0.15) is 6.10 Å². The van der Waals surface area contributed by atoms with Crippen molar-refractivity contribution in [2.75, 3.05) is 0 Å². The second-order valence-electron chi connectivity index (χ2n) is 7.36. The van der Waals surface area contributed by atoms with Crippen molar-refractivity contribution in [2.45, 2.75) is 44.8 Å². The van der Waals surface area contributed by atoms with Crippen molar-refractivity contribution in [1.29, 1.82) is 21.2 Å². The Kier molecular flexibility index (Phi) is 4.61. The van der Waals surface area contributed by atoms with Gasteiger partial charge < -0.3 is 9.47 Å². The highest BCUT2D eigenvalue weighted by Gasteiger charge is 2.79. The second kappa shape index (κ2) is 6.47.